The van der Waals surface area contributed by atoms with Crippen molar-refractivity contribution in [3.05, 3.63) is 82.9 Å². The Labute approximate surface area is 201 Å². The molecule has 0 aliphatic carbocycles. The molecule has 0 aliphatic rings. The maximum absolute atomic E-state index is 12.7. The second-order valence-electron chi connectivity index (χ2n) is 8.22. The maximum atomic E-state index is 12.7. The lowest BCUT2D eigenvalue weighted by molar-refractivity contribution is -0.142. The van der Waals surface area contributed by atoms with Crippen molar-refractivity contribution in [2.45, 2.75) is 19.3 Å². The smallest absolute Gasteiger partial charge is 0.338 e. The molecule has 0 spiro atoms. The van der Waals surface area contributed by atoms with Gasteiger partial charge in [-0.1, -0.05) is 48.5 Å². The molecular formula is C27H24O8. The first-order valence-electron chi connectivity index (χ1n) is 10.6. The minimum Gasteiger partial charge on any atom is -0.481 e. The lowest BCUT2D eigenvalue weighted by atomic mass is 9.76. The van der Waals surface area contributed by atoms with Crippen LogP contribution in [0.1, 0.15) is 50.5 Å². The van der Waals surface area contributed by atoms with Gasteiger partial charge in [0.25, 0.3) is 0 Å². The van der Waals surface area contributed by atoms with Crippen molar-refractivity contribution in [2.24, 2.45) is 0 Å². The van der Waals surface area contributed by atoms with Crippen molar-refractivity contribution < 1.29 is 38.9 Å². The molecule has 0 saturated carbocycles. The second-order valence-corrected chi connectivity index (χ2v) is 8.22. The Hall–Kier alpha value is -4.46. The van der Waals surface area contributed by atoms with Gasteiger partial charge in [0.2, 0.25) is 0 Å². The normalized spacial score (nSPS) is 11.0. The standard InChI is InChI=1S/C27H24O8/c1-27(2,26(32)33)20-14-13-17(15-9-5-7-11-18(15)24(30)34-3)21(22(20)23(28)29)16-10-6-8-12-19(16)25(31)35-4/h5-14H,1-4H3,(H,28,29)(H,32,33). The highest BCUT2D eigenvalue weighted by Crippen LogP contribution is 2.42. The van der Waals surface area contributed by atoms with Gasteiger partial charge in [0, 0.05) is 5.56 Å². The molecule has 35 heavy (non-hydrogen) atoms. The van der Waals surface area contributed by atoms with Crippen molar-refractivity contribution in [3.63, 3.8) is 0 Å². The number of aromatic carboxylic acids is 1. The van der Waals surface area contributed by atoms with E-state index in [4.69, 9.17) is 9.47 Å². The van der Waals surface area contributed by atoms with Gasteiger partial charge in [-0.15, -0.1) is 0 Å². The summed E-state index contributed by atoms with van der Waals surface area (Å²) in [5.74, 6) is -3.96. The summed E-state index contributed by atoms with van der Waals surface area (Å²) in [7, 11) is 2.43. The molecule has 8 heteroatoms. The van der Waals surface area contributed by atoms with Crippen molar-refractivity contribution in [2.75, 3.05) is 14.2 Å². The highest BCUT2D eigenvalue weighted by molar-refractivity contribution is 6.10. The van der Waals surface area contributed by atoms with Gasteiger partial charge >= 0.3 is 23.9 Å². The minimum atomic E-state index is -1.58. The highest BCUT2D eigenvalue weighted by Gasteiger charge is 2.37. The van der Waals surface area contributed by atoms with E-state index in [9.17, 15) is 29.4 Å². The molecule has 0 heterocycles. The van der Waals surface area contributed by atoms with E-state index in [-0.39, 0.29) is 33.4 Å². The Kier molecular flexibility index (Phi) is 7.05. The molecule has 3 aromatic carbocycles. The van der Waals surface area contributed by atoms with Crippen LogP contribution in [-0.2, 0) is 19.7 Å². The van der Waals surface area contributed by atoms with Gasteiger partial charge < -0.3 is 19.7 Å². The first-order valence-corrected chi connectivity index (χ1v) is 10.6. The number of carbonyl (C=O) groups is 4. The first kappa shape index (κ1) is 25.2. The molecule has 8 nitrogen and oxygen atoms in total. The molecule has 2 N–H and O–H groups in total. The van der Waals surface area contributed by atoms with E-state index in [0.717, 1.165) is 0 Å². The minimum absolute atomic E-state index is 0.0338. The average molecular weight is 476 g/mol. The Morgan fingerprint density at radius 1 is 0.686 bits per heavy atom. The number of carboxylic acid groups (broad SMARTS) is 2. The number of carbonyl (C=O) groups excluding carboxylic acids is 2. The number of rotatable bonds is 7. The first-order chi connectivity index (χ1) is 16.6. The van der Waals surface area contributed by atoms with Crippen LogP contribution in [0, 0.1) is 0 Å². The zero-order valence-electron chi connectivity index (χ0n) is 19.6. The molecule has 0 aromatic heterocycles. The summed E-state index contributed by atoms with van der Waals surface area (Å²) < 4.78 is 9.81. The van der Waals surface area contributed by atoms with Crippen LogP contribution < -0.4 is 0 Å². The van der Waals surface area contributed by atoms with E-state index in [1.54, 1.807) is 42.5 Å². The molecule has 0 radical (unpaired) electrons. The molecule has 0 amide bonds. The summed E-state index contributed by atoms with van der Waals surface area (Å²) in [6.07, 6.45) is 0. The SMILES string of the molecule is COC(=O)c1ccccc1-c1ccc(C(C)(C)C(=O)O)c(C(=O)O)c1-c1ccccc1C(=O)OC. The van der Waals surface area contributed by atoms with Crippen LogP contribution in [0.15, 0.2) is 60.7 Å². The fraction of sp³-hybridized carbons (Fsp3) is 0.185. The van der Waals surface area contributed by atoms with Crippen LogP contribution >= 0.6 is 0 Å². The average Bonchev–Trinajstić information content (AvgIpc) is 2.86. The summed E-state index contributed by atoms with van der Waals surface area (Å²) in [5, 5.41) is 20.2. The van der Waals surface area contributed by atoms with Crippen LogP contribution in [0.25, 0.3) is 22.3 Å². The third kappa shape index (κ3) is 4.50. The van der Waals surface area contributed by atoms with Gasteiger partial charge in [-0.05, 0) is 48.2 Å². The predicted molar refractivity (Wildman–Crippen MR) is 128 cm³/mol. The number of methoxy groups -OCH3 is 2. The fourth-order valence-electron chi connectivity index (χ4n) is 3.96. The molecule has 0 fully saturated rings. The monoisotopic (exact) mass is 476 g/mol. The van der Waals surface area contributed by atoms with Gasteiger partial charge in [0.05, 0.1) is 36.3 Å². The van der Waals surface area contributed by atoms with Crippen LogP contribution in [0.5, 0.6) is 0 Å². The van der Waals surface area contributed by atoms with Crippen molar-refractivity contribution in [1.29, 1.82) is 0 Å². The molecule has 0 atom stereocenters. The largest absolute Gasteiger partial charge is 0.481 e. The maximum Gasteiger partial charge on any atom is 0.338 e. The lowest BCUT2D eigenvalue weighted by Gasteiger charge is -2.26. The van der Waals surface area contributed by atoms with Crippen LogP contribution in [0.4, 0.5) is 0 Å². The number of ether oxygens (including phenoxy) is 2. The number of aliphatic carboxylic acids is 1. The number of carboxylic acids is 2. The molecule has 0 unspecified atom stereocenters. The number of hydrogen-bond donors (Lipinski definition) is 2. The van der Waals surface area contributed by atoms with Gasteiger partial charge in [0.15, 0.2) is 0 Å². The zero-order chi connectivity index (χ0) is 25.9. The molecule has 0 aliphatic heterocycles. The molecule has 0 bridgehead atoms. The number of hydrogen-bond acceptors (Lipinski definition) is 6. The van der Waals surface area contributed by atoms with E-state index in [2.05, 4.69) is 0 Å². The fourth-order valence-corrected chi connectivity index (χ4v) is 3.96. The summed E-state index contributed by atoms with van der Waals surface area (Å²) in [5.41, 5.74) is -0.620. The Bertz CT molecular complexity index is 1340. The molecule has 3 rings (SSSR count). The summed E-state index contributed by atoms with van der Waals surface area (Å²) >= 11 is 0. The van der Waals surface area contributed by atoms with Crippen LogP contribution in [0.3, 0.4) is 0 Å². The topological polar surface area (TPSA) is 127 Å². The van der Waals surface area contributed by atoms with Gasteiger partial charge in [0.1, 0.15) is 0 Å². The Balaban J connectivity index is 2.58. The Morgan fingerprint density at radius 2 is 1.17 bits per heavy atom. The van der Waals surface area contributed by atoms with Crippen LogP contribution in [-0.4, -0.2) is 48.3 Å². The quantitative estimate of drug-likeness (QED) is 0.472. The van der Waals surface area contributed by atoms with E-state index < -0.39 is 29.3 Å². The van der Waals surface area contributed by atoms with Crippen LogP contribution in [0.2, 0.25) is 0 Å². The van der Waals surface area contributed by atoms with Crippen molar-refractivity contribution >= 4 is 23.9 Å². The second kappa shape index (κ2) is 9.80. The van der Waals surface area contributed by atoms with E-state index in [1.807, 2.05) is 0 Å². The third-order valence-electron chi connectivity index (χ3n) is 5.85. The van der Waals surface area contributed by atoms with Gasteiger partial charge in [-0.25, -0.2) is 14.4 Å². The molecule has 0 saturated heterocycles. The number of benzene rings is 3. The summed E-state index contributed by atoms with van der Waals surface area (Å²) in [4.78, 5) is 49.9. The van der Waals surface area contributed by atoms with Gasteiger partial charge in [-0.2, -0.15) is 0 Å². The third-order valence-corrected chi connectivity index (χ3v) is 5.85. The summed E-state index contributed by atoms with van der Waals surface area (Å²) in [6.45, 7) is 2.80. The van der Waals surface area contributed by atoms with E-state index >= 15 is 0 Å². The number of esters is 2. The predicted octanol–water partition coefficient (Wildman–Crippen LogP) is 4.65. The summed E-state index contributed by atoms with van der Waals surface area (Å²) in [6, 6.07) is 15.7. The van der Waals surface area contributed by atoms with E-state index in [1.165, 1.54) is 46.3 Å². The Morgan fingerprint density at radius 3 is 1.66 bits per heavy atom. The lowest BCUT2D eigenvalue weighted by Crippen LogP contribution is -2.31. The van der Waals surface area contributed by atoms with Gasteiger partial charge in [-0.3, -0.25) is 4.79 Å². The van der Waals surface area contributed by atoms with Crippen molar-refractivity contribution in [3.8, 4) is 22.3 Å². The van der Waals surface area contributed by atoms with Crippen molar-refractivity contribution in [1.82, 2.24) is 0 Å². The molecular weight excluding hydrogens is 452 g/mol. The highest BCUT2D eigenvalue weighted by atomic mass is 16.5. The molecule has 180 valence electrons. The zero-order valence-corrected chi connectivity index (χ0v) is 19.6. The molecule has 3 aromatic rings. The van der Waals surface area contributed by atoms with E-state index in [0.29, 0.717) is 11.1 Å².